The summed E-state index contributed by atoms with van der Waals surface area (Å²) in [6.45, 7) is 3.39. The Labute approximate surface area is 171 Å². The zero-order valence-electron chi connectivity index (χ0n) is 15.4. The largest absolute Gasteiger partial charge is 0.321 e. The fraction of sp³-hybridized carbons (Fsp3) is 0.150. The van der Waals surface area contributed by atoms with E-state index in [2.05, 4.69) is 26.2 Å². The molecule has 2 heterocycles. The number of carbonyl (C=O) groups is 1. The number of anilines is 1. The van der Waals surface area contributed by atoms with E-state index in [1.165, 1.54) is 6.07 Å². The van der Waals surface area contributed by atoms with Gasteiger partial charge in [0.1, 0.15) is 11.9 Å². The smallest absolute Gasteiger partial charge is 0.273 e. The summed E-state index contributed by atoms with van der Waals surface area (Å²) < 4.78 is 31.0. The predicted octanol–water partition coefficient (Wildman–Crippen LogP) is 4.20. The minimum atomic E-state index is -0.888. The Kier molecular flexibility index (Phi) is 4.70. The standard InChI is InChI=1S/C20H15BrF2N4O2/c1-10-7-17(28)24-19-13-5-3-4-6-16(13)27(26(10)19)11(2)20(29)25-18-14(21)8-12(22)9-15(18)23/h3-9,11H,1-2H3,(H,25,29). The number of aromatic nitrogens is 3. The van der Waals surface area contributed by atoms with Crippen LogP contribution in [0.2, 0.25) is 0 Å². The Hall–Kier alpha value is -3.07. The molecule has 4 rings (SSSR count). The van der Waals surface area contributed by atoms with E-state index in [4.69, 9.17) is 0 Å². The first-order valence-corrected chi connectivity index (χ1v) is 9.52. The Morgan fingerprint density at radius 1 is 1.21 bits per heavy atom. The Bertz CT molecular complexity index is 1320. The van der Waals surface area contributed by atoms with Gasteiger partial charge in [0.25, 0.3) is 5.56 Å². The van der Waals surface area contributed by atoms with Gasteiger partial charge >= 0.3 is 0 Å². The molecule has 4 aromatic rings. The summed E-state index contributed by atoms with van der Waals surface area (Å²) in [6.07, 6.45) is 0. The molecular weight excluding hydrogens is 446 g/mol. The van der Waals surface area contributed by atoms with Crippen LogP contribution >= 0.6 is 15.9 Å². The molecule has 0 spiro atoms. The van der Waals surface area contributed by atoms with Gasteiger partial charge in [0, 0.05) is 27.7 Å². The second kappa shape index (κ2) is 7.07. The minimum Gasteiger partial charge on any atom is -0.321 e. The maximum Gasteiger partial charge on any atom is 0.273 e. The summed E-state index contributed by atoms with van der Waals surface area (Å²) in [7, 11) is 0. The second-order valence-electron chi connectivity index (χ2n) is 6.64. The molecule has 0 aliphatic carbocycles. The third kappa shape index (κ3) is 3.21. The topological polar surface area (TPSA) is 68.4 Å². The van der Waals surface area contributed by atoms with Gasteiger partial charge in [-0.05, 0) is 48.0 Å². The number of nitrogens with one attached hydrogen (secondary N) is 1. The summed E-state index contributed by atoms with van der Waals surface area (Å²) in [6, 6.07) is 9.61. The van der Waals surface area contributed by atoms with Gasteiger partial charge in [0.15, 0.2) is 11.5 Å². The van der Waals surface area contributed by atoms with Gasteiger partial charge in [0.05, 0.1) is 11.2 Å². The van der Waals surface area contributed by atoms with Gasteiger partial charge in [0.2, 0.25) is 5.91 Å². The summed E-state index contributed by atoms with van der Waals surface area (Å²) >= 11 is 3.07. The number of fused-ring (bicyclic) bond motifs is 3. The number of para-hydroxylation sites is 1. The van der Waals surface area contributed by atoms with E-state index in [0.717, 1.165) is 6.07 Å². The molecule has 0 saturated carbocycles. The SMILES string of the molecule is Cc1cc(=O)nc2c3ccccc3n(C(C)C(=O)Nc3c(F)cc(F)cc3Br)n12. The Morgan fingerprint density at radius 2 is 1.93 bits per heavy atom. The van der Waals surface area contributed by atoms with Gasteiger partial charge in [-0.25, -0.2) is 13.3 Å². The monoisotopic (exact) mass is 460 g/mol. The number of carbonyl (C=O) groups excluding carboxylic acids is 1. The van der Waals surface area contributed by atoms with E-state index in [1.807, 2.05) is 24.3 Å². The average Bonchev–Trinajstić information content (AvgIpc) is 2.98. The summed E-state index contributed by atoms with van der Waals surface area (Å²) in [5.41, 5.74) is 1.20. The molecule has 0 radical (unpaired) electrons. The van der Waals surface area contributed by atoms with Gasteiger partial charge in [-0.15, -0.1) is 0 Å². The van der Waals surface area contributed by atoms with Crippen molar-refractivity contribution < 1.29 is 13.6 Å². The fourth-order valence-corrected chi connectivity index (χ4v) is 3.90. The van der Waals surface area contributed by atoms with Crippen LogP contribution in [0, 0.1) is 18.6 Å². The summed E-state index contributed by atoms with van der Waals surface area (Å²) in [4.78, 5) is 29.0. The van der Waals surface area contributed by atoms with Crippen molar-refractivity contribution in [3.63, 3.8) is 0 Å². The molecule has 0 aliphatic heterocycles. The van der Waals surface area contributed by atoms with Crippen LogP contribution in [0.25, 0.3) is 16.6 Å². The normalized spacial score (nSPS) is 12.4. The zero-order chi connectivity index (χ0) is 20.9. The molecule has 9 heteroatoms. The maximum absolute atomic E-state index is 14.2. The molecule has 1 atom stereocenters. The molecule has 29 heavy (non-hydrogen) atoms. The zero-order valence-corrected chi connectivity index (χ0v) is 17.0. The van der Waals surface area contributed by atoms with Crippen LogP contribution < -0.4 is 10.9 Å². The molecule has 2 aromatic carbocycles. The van der Waals surface area contributed by atoms with E-state index in [1.54, 1.807) is 23.0 Å². The van der Waals surface area contributed by atoms with E-state index in [9.17, 15) is 18.4 Å². The van der Waals surface area contributed by atoms with Crippen molar-refractivity contribution in [2.45, 2.75) is 19.9 Å². The van der Waals surface area contributed by atoms with E-state index < -0.39 is 23.6 Å². The lowest BCUT2D eigenvalue weighted by atomic mass is 10.2. The minimum absolute atomic E-state index is 0.0965. The number of benzene rings is 2. The van der Waals surface area contributed by atoms with Gasteiger partial charge in [-0.1, -0.05) is 12.1 Å². The quantitative estimate of drug-likeness (QED) is 0.498. The van der Waals surface area contributed by atoms with Crippen LogP contribution in [0.4, 0.5) is 14.5 Å². The highest BCUT2D eigenvalue weighted by Crippen LogP contribution is 2.29. The van der Waals surface area contributed by atoms with Gasteiger partial charge in [-0.3, -0.25) is 14.3 Å². The van der Waals surface area contributed by atoms with Gasteiger partial charge in [-0.2, -0.15) is 4.98 Å². The summed E-state index contributed by atoms with van der Waals surface area (Å²) in [5.74, 6) is -2.16. The summed E-state index contributed by atoms with van der Waals surface area (Å²) in [5, 5.41) is 3.22. The number of aryl methyl sites for hydroxylation is 1. The lowest BCUT2D eigenvalue weighted by molar-refractivity contribution is -0.119. The molecular formula is C20H15BrF2N4O2. The number of halogens is 3. The average molecular weight is 461 g/mol. The Balaban J connectivity index is 1.86. The molecule has 2 aromatic heterocycles. The predicted molar refractivity (Wildman–Crippen MR) is 109 cm³/mol. The third-order valence-electron chi connectivity index (χ3n) is 4.69. The maximum atomic E-state index is 14.2. The highest BCUT2D eigenvalue weighted by atomic mass is 79.9. The molecule has 0 saturated heterocycles. The van der Waals surface area contributed by atoms with Crippen molar-refractivity contribution in [2.24, 2.45) is 0 Å². The van der Waals surface area contributed by atoms with E-state index in [0.29, 0.717) is 28.3 Å². The highest BCUT2D eigenvalue weighted by Gasteiger charge is 2.24. The van der Waals surface area contributed by atoms with Crippen LogP contribution in [-0.4, -0.2) is 20.1 Å². The van der Waals surface area contributed by atoms with E-state index >= 15 is 0 Å². The molecule has 0 bridgehead atoms. The van der Waals surface area contributed by atoms with Crippen LogP contribution in [-0.2, 0) is 4.79 Å². The lowest BCUT2D eigenvalue weighted by Crippen LogP contribution is -2.27. The van der Waals surface area contributed by atoms with Crippen molar-refractivity contribution in [2.75, 3.05) is 5.32 Å². The molecule has 1 amide bonds. The number of rotatable bonds is 3. The second-order valence-corrected chi connectivity index (χ2v) is 7.50. The molecule has 6 nitrogen and oxygen atoms in total. The van der Waals surface area contributed by atoms with Crippen LogP contribution in [0.15, 0.2) is 51.7 Å². The first-order chi connectivity index (χ1) is 13.8. The number of hydrogen-bond acceptors (Lipinski definition) is 3. The lowest BCUT2D eigenvalue weighted by Gasteiger charge is -2.19. The van der Waals surface area contributed by atoms with Crippen LogP contribution in [0.1, 0.15) is 18.7 Å². The number of hydrogen-bond donors (Lipinski definition) is 1. The molecule has 0 aliphatic rings. The van der Waals surface area contributed by atoms with Crippen molar-refractivity contribution in [1.29, 1.82) is 0 Å². The molecule has 148 valence electrons. The number of amides is 1. The molecule has 1 N–H and O–H groups in total. The van der Waals surface area contributed by atoms with Gasteiger partial charge < -0.3 is 5.32 Å². The van der Waals surface area contributed by atoms with Crippen molar-refractivity contribution in [1.82, 2.24) is 14.2 Å². The van der Waals surface area contributed by atoms with Crippen molar-refractivity contribution in [3.05, 3.63) is 74.6 Å². The third-order valence-corrected chi connectivity index (χ3v) is 5.32. The highest BCUT2D eigenvalue weighted by molar-refractivity contribution is 9.10. The molecule has 1 unspecified atom stereocenters. The van der Waals surface area contributed by atoms with Crippen molar-refractivity contribution in [3.8, 4) is 0 Å². The van der Waals surface area contributed by atoms with Crippen LogP contribution in [0.3, 0.4) is 0 Å². The van der Waals surface area contributed by atoms with Crippen molar-refractivity contribution >= 4 is 44.1 Å². The first-order valence-electron chi connectivity index (χ1n) is 8.73. The Morgan fingerprint density at radius 3 is 2.66 bits per heavy atom. The van der Waals surface area contributed by atoms with Crippen LogP contribution in [0.5, 0.6) is 0 Å². The molecule has 0 fully saturated rings. The number of nitrogens with zero attached hydrogens (tertiary/aromatic N) is 3. The van der Waals surface area contributed by atoms with E-state index in [-0.39, 0.29) is 15.7 Å². The fourth-order valence-electron chi connectivity index (χ4n) is 3.39. The first kappa shape index (κ1) is 19.3.